The molecule has 2 aromatic rings. The number of halogens is 3. The molecule has 0 unspecified atom stereocenters. The lowest BCUT2D eigenvalue weighted by Gasteiger charge is -2.35. The zero-order valence-corrected chi connectivity index (χ0v) is 16.5. The minimum atomic E-state index is -4.69. The van der Waals surface area contributed by atoms with Crippen molar-refractivity contribution in [2.45, 2.75) is 6.18 Å². The number of hydrogen-bond acceptors (Lipinski definition) is 7. The van der Waals surface area contributed by atoms with Gasteiger partial charge in [0, 0.05) is 38.3 Å². The van der Waals surface area contributed by atoms with Crippen molar-refractivity contribution >= 4 is 28.7 Å². The number of carbonyl (C=O) groups excluding carboxylic acids is 1. The van der Waals surface area contributed by atoms with E-state index in [1.165, 1.54) is 18.2 Å². The number of nitro benzene ring substituents is 2. The first-order valence-corrected chi connectivity index (χ1v) is 9.42. The minimum absolute atomic E-state index is 0.0605. The van der Waals surface area contributed by atoms with Gasteiger partial charge in [-0.3, -0.25) is 29.9 Å². The second kappa shape index (κ2) is 9.18. The molecule has 170 valence electrons. The van der Waals surface area contributed by atoms with E-state index in [9.17, 15) is 38.2 Å². The average Bonchev–Trinajstić information content (AvgIpc) is 2.73. The number of carbonyl (C=O) groups is 1. The molecular formula is C19H18F3N5O5. The number of nitrogens with one attached hydrogen (secondary N) is 1. The molecule has 0 bridgehead atoms. The van der Waals surface area contributed by atoms with Crippen molar-refractivity contribution in [2.75, 3.05) is 42.9 Å². The van der Waals surface area contributed by atoms with Gasteiger partial charge in [0.15, 0.2) is 0 Å². The highest BCUT2D eigenvalue weighted by Crippen LogP contribution is 2.36. The number of rotatable bonds is 6. The topological polar surface area (TPSA) is 122 Å². The molecule has 2 aromatic carbocycles. The molecule has 1 saturated heterocycles. The molecule has 0 radical (unpaired) electrons. The number of nitrogens with zero attached hydrogens (tertiary/aromatic N) is 4. The summed E-state index contributed by atoms with van der Waals surface area (Å²) < 4.78 is 38.7. The Morgan fingerprint density at radius 1 is 0.969 bits per heavy atom. The fraction of sp³-hybridized carbons (Fsp3) is 0.316. The highest BCUT2D eigenvalue weighted by molar-refractivity contribution is 5.94. The summed E-state index contributed by atoms with van der Waals surface area (Å²) in [6.07, 6.45) is -4.69. The maximum absolute atomic E-state index is 12.9. The van der Waals surface area contributed by atoms with E-state index in [0.717, 1.165) is 12.1 Å². The predicted octanol–water partition coefficient (Wildman–Crippen LogP) is 3.28. The predicted molar refractivity (Wildman–Crippen MR) is 108 cm³/mol. The van der Waals surface area contributed by atoms with Crippen LogP contribution in [0.2, 0.25) is 0 Å². The number of piperazine rings is 1. The van der Waals surface area contributed by atoms with Gasteiger partial charge < -0.3 is 10.2 Å². The van der Waals surface area contributed by atoms with E-state index in [4.69, 9.17) is 0 Å². The third-order valence-corrected chi connectivity index (χ3v) is 4.95. The number of amides is 1. The van der Waals surface area contributed by atoms with Gasteiger partial charge in [0.25, 0.3) is 11.4 Å². The van der Waals surface area contributed by atoms with E-state index in [-0.39, 0.29) is 36.7 Å². The van der Waals surface area contributed by atoms with Crippen LogP contribution in [-0.2, 0) is 11.0 Å². The maximum atomic E-state index is 12.9. The van der Waals surface area contributed by atoms with Gasteiger partial charge in [-0.15, -0.1) is 0 Å². The molecule has 3 rings (SSSR count). The molecular weight excluding hydrogens is 435 g/mol. The van der Waals surface area contributed by atoms with Crippen LogP contribution >= 0.6 is 0 Å². The normalized spacial score (nSPS) is 14.8. The molecule has 1 amide bonds. The third-order valence-electron chi connectivity index (χ3n) is 4.95. The van der Waals surface area contributed by atoms with Crippen LogP contribution in [0.1, 0.15) is 5.56 Å². The number of para-hydroxylation sites is 2. The number of nitro groups is 2. The molecule has 1 aliphatic heterocycles. The molecule has 13 heteroatoms. The lowest BCUT2D eigenvalue weighted by molar-refractivity contribution is -0.384. The third kappa shape index (κ3) is 5.29. The van der Waals surface area contributed by atoms with Gasteiger partial charge in [0.2, 0.25) is 5.91 Å². The summed E-state index contributed by atoms with van der Waals surface area (Å²) in [5, 5.41) is 24.8. The Labute approximate surface area is 179 Å². The molecule has 1 fully saturated rings. The van der Waals surface area contributed by atoms with Gasteiger partial charge in [-0.25, -0.2) is 0 Å². The molecule has 0 saturated carbocycles. The number of alkyl halides is 3. The Bertz CT molecular complexity index is 1040. The molecule has 1 N–H and O–H groups in total. The van der Waals surface area contributed by atoms with E-state index < -0.39 is 33.2 Å². The summed E-state index contributed by atoms with van der Waals surface area (Å²) in [6.45, 7) is 1.09. The van der Waals surface area contributed by atoms with Crippen LogP contribution in [0, 0.1) is 20.2 Å². The van der Waals surface area contributed by atoms with Crippen molar-refractivity contribution in [1.29, 1.82) is 0 Å². The van der Waals surface area contributed by atoms with Gasteiger partial charge in [-0.05, 0) is 18.2 Å². The number of anilines is 2. The lowest BCUT2D eigenvalue weighted by atomic mass is 10.1. The van der Waals surface area contributed by atoms with E-state index >= 15 is 0 Å². The van der Waals surface area contributed by atoms with Gasteiger partial charge in [-0.1, -0.05) is 12.1 Å². The highest BCUT2D eigenvalue weighted by atomic mass is 19.4. The Kier molecular flexibility index (Phi) is 6.58. The first kappa shape index (κ1) is 22.9. The summed E-state index contributed by atoms with van der Waals surface area (Å²) in [5.74, 6) is -0.465. The summed E-state index contributed by atoms with van der Waals surface area (Å²) in [5.41, 5.74) is -1.82. The Morgan fingerprint density at radius 3 is 2.19 bits per heavy atom. The van der Waals surface area contributed by atoms with Crippen LogP contribution in [0.3, 0.4) is 0 Å². The SMILES string of the molecule is O=C(CN1CCN(c2ccc(C(F)(F)F)cc2[N+](=O)[O-])CC1)Nc1ccccc1[N+](=O)[O-]. The van der Waals surface area contributed by atoms with Crippen molar-refractivity contribution in [3.63, 3.8) is 0 Å². The van der Waals surface area contributed by atoms with Crippen molar-refractivity contribution < 1.29 is 27.8 Å². The van der Waals surface area contributed by atoms with Crippen LogP contribution in [0.4, 0.5) is 35.9 Å². The standard InChI is InChI=1S/C19H18F3N5O5/c20-19(21,22)13-5-6-16(17(11-13)27(31)32)25-9-7-24(8-10-25)12-18(28)23-14-3-1-2-4-15(14)26(29)30/h1-6,11H,7-10,12H2,(H,23,28). The van der Waals surface area contributed by atoms with Crippen molar-refractivity contribution in [1.82, 2.24) is 4.90 Å². The molecule has 1 aliphatic rings. The molecule has 0 spiro atoms. The van der Waals surface area contributed by atoms with Gasteiger partial charge in [0.05, 0.1) is 22.0 Å². The van der Waals surface area contributed by atoms with Crippen molar-refractivity contribution in [3.8, 4) is 0 Å². The van der Waals surface area contributed by atoms with Crippen molar-refractivity contribution in [3.05, 3.63) is 68.3 Å². The fourth-order valence-electron chi connectivity index (χ4n) is 3.39. The van der Waals surface area contributed by atoms with E-state index in [1.54, 1.807) is 15.9 Å². The molecule has 10 nitrogen and oxygen atoms in total. The molecule has 0 aliphatic carbocycles. The van der Waals surface area contributed by atoms with E-state index in [0.29, 0.717) is 19.2 Å². The number of hydrogen-bond donors (Lipinski definition) is 1. The highest BCUT2D eigenvalue weighted by Gasteiger charge is 2.34. The first-order chi connectivity index (χ1) is 15.1. The summed E-state index contributed by atoms with van der Waals surface area (Å²) in [7, 11) is 0. The van der Waals surface area contributed by atoms with Gasteiger partial charge >= 0.3 is 6.18 Å². The summed E-state index contributed by atoms with van der Waals surface area (Å²) in [4.78, 5) is 36.5. The van der Waals surface area contributed by atoms with Crippen molar-refractivity contribution in [2.24, 2.45) is 0 Å². The second-order valence-electron chi connectivity index (χ2n) is 7.04. The molecule has 0 aromatic heterocycles. The Balaban J connectivity index is 1.63. The quantitative estimate of drug-likeness (QED) is 0.526. The Hall–Kier alpha value is -3.74. The zero-order chi connectivity index (χ0) is 23.5. The van der Waals surface area contributed by atoms with Crippen LogP contribution in [0.25, 0.3) is 0 Å². The molecule has 0 atom stereocenters. The van der Waals surface area contributed by atoms with Gasteiger partial charge in [0.1, 0.15) is 11.4 Å². The average molecular weight is 453 g/mol. The van der Waals surface area contributed by atoms with E-state index in [1.807, 2.05) is 0 Å². The molecule has 32 heavy (non-hydrogen) atoms. The van der Waals surface area contributed by atoms with Crippen LogP contribution in [-0.4, -0.2) is 53.4 Å². The van der Waals surface area contributed by atoms with Gasteiger partial charge in [-0.2, -0.15) is 13.2 Å². The summed E-state index contributed by atoms with van der Waals surface area (Å²) in [6, 6.07) is 8.11. The molecule has 1 heterocycles. The maximum Gasteiger partial charge on any atom is 0.416 e. The Morgan fingerprint density at radius 2 is 1.59 bits per heavy atom. The minimum Gasteiger partial charge on any atom is -0.363 e. The second-order valence-corrected chi connectivity index (χ2v) is 7.04. The lowest BCUT2D eigenvalue weighted by Crippen LogP contribution is -2.48. The largest absolute Gasteiger partial charge is 0.416 e. The first-order valence-electron chi connectivity index (χ1n) is 9.42. The number of benzene rings is 2. The van der Waals surface area contributed by atoms with Crippen LogP contribution in [0.5, 0.6) is 0 Å². The monoisotopic (exact) mass is 453 g/mol. The van der Waals surface area contributed by atoms with E-state index in [2.05, 4.69) is 5.32 Å². The van der Waals surface area contributed by atoms with Crippen LogP contribution < -0.4 is 10.2 Å². The fourth-order valence-corrected chi connectivity index (χ4v) is 3.39. The zero-order valence-electron chi connectivity index (χ0n) is 16.5. The van der Waals surface area contributed by atoms with Crippen LogP contribution in [0.15, 0.2) is 42.5 Å². The smallest absolute Gasteiger partial charge is 0.363 e. The summed E-state index contributed by atoms with van der Waals surface area (Å²) >= 11 is 0.